The first-order chi connectivity index (χ1) is 13.3. The molecule has 4 aromatic rings. The third-order valence-electron chi connectivity index (χ3n) is 4.84. The Bertz CT molecular complexity index is 1130. The lowest BCUT2D eigenvalue weighted by Gasteiger charge is -2.30. The molecule has 5 rings (SSSR count). The molecule has 0 N–H and O–H groups in total. The maximum atomic E-state index is 12.7. The first-order valence-corrected chi connectivity index (χ1v) is 9.66. The molecule has 1 amide bonds. The van der Waals surface area contributed by atoms with Gasteiger partial charge in [-0.15, -0.1) is 11.3 Å². The Morgan fingerprint density at radius 1 is 1.07 bits per heavy atom. The van der Waals surface area contributed by atoms with Gasteiger partial charge in [-0.25, -0.2) is 4.98 Å². The SMILES string of the molecule is O=C1COc2ccc(-c3cscn3)cc2N1Cc1cccc2ccccc12. The average molecular weight is 372 g/mol. The van der Waals surface area contributed by atoms with Gasteiger partial charge in [0, 0.05) is 10.9 Å². The topological polar surface area (TPSA) is 42.4 Å². The van der Waals surface area contributed by atoms with Crippen molar-refractivity contribution in [2.75, 3.05) is 11.5 Å². The van der Waals surface area contributed by atoms with Gasteiger partial charge in [-0.05, 0) is 34.5 Å². The van der Waals surface area contributed by atoms with Crippen molar-refractivity contribution in [3.8, 4) is 17.0 Å². The highest BCUT2D eigenvalue weighted by Crippen LogP contribution is 2.37. The lowest BCUT2D eigenvalue weighted by molar-refractivity contribution is -0.121. The highest BCUT2D eigenvalue weighted by molar-refractivity contribution is 7.07. The zero-order valence-corrected chi connectivity index (χ0v) is 15.3. The zero-order valence-electron chi connectivity index (χ0n) is 14.5. The van der Waals surface area contributed by atoms with Gasteiger partial charge < -0.3 is 9.64 Å². The Kier molecular flexibility index (Phi) is 3.87. The highest BCUT2D eigenvalue weighted by atomic mass is 32.1. The number of thiazole rings is 1. The third-order valence-corrected chi connectivity index (χ3v) is 5.42. The molecular weight excluding hydrogens is 356 g/mol. The number of benzene rings is 3. The minimum absolute atomic E-state index is 0.0362. The summed E-state index contributed by atoms with van der Waals surface area (Å²) in [5.41, 5.74) is 5.62. The van der Waals surface area contributed by atoms with Crippen molar-refractivity contribution in [2.45, 2.75) is 6.54 Å². The Morgan fingerprint density at radius 2 is 1.96 bits per heavy atom. The van der Waals surface area contributed by atoms with Crippen LogP contribution in [-0.2, 0) is 11.3 Å². The van der Waals surface area contributed by atoms with Crippen molar-refractivity contribution in [3.63, 3.8) is 0 Å². The van der Waals surface area contributed by atoms with E-state index in [4.69, 9.17) is 4.74 Å². The van der Waals surface area contributed by atoms with E-state index in [1.54, 1.807) is 11.3 Å². The smallest absolute Gasteiger partial charge is 0.265 e. The second kappa shape index (κ2) is 6.52. The van der Waals surface area contributed by atoms with Crippen LogP contribution in [0, 0.1) is 0 Å². The van der Waals surface area contributed by atoms with Crippen LogP contribution in [0.5, 0.6) is 5.75 Å². The fraction of sp³-hybridized carbons (Fsp3) is 0.0909. The van der Waals surface area contributed by atoms with E-state index in [9.17, 15) is 4.79 Å². The van der Waals surface area contributed by atoms with E-state index in [2.05, 4.69) is 29.2 Å². The number of hydrogen-bond donors (Lipinski definition) is 0. The number of fused-ring (bicyclic) bond motifs is 2. The maximum absolute atomic E-state index is 12.7. The summed E-state index contributed by atoms with van der Waals surface area (Å²) in [5.74, 6) is 0.694. The Labute approximate surface area is 160 Å². The zero-order chi connectivity index (χ0) is 18.2. The van der Waals surface area contributed by atoms with Gasteiger partial charge in [-0.1, -0.05) is 42.5 Å². The average Bonchev–Trinajstić information content (AvgIpc) is 3.25. The van der Waals surface area contributed by atoms with Crippen molar-refractivity contribution in [1.29, 1.82) is 0 Å². The van der Waals surface area contributed by atoms with Crippen molar-refractivity contribution >= 4 is 33.7 Å². The minimum atomic E-state index is -0.0362. The summed E-state index contributed by atoms with van der Waals surface area (Å²) in [5, 5.41) is 4.34. The molecule has 132 valence electrons. The molecule has 0 saturated heterocycles. The lowest BCUT2D eigenvalue weighted by atomic mass is 10.0. The monoisotopic (exact) mass is 372 g/mol. The van der Waals surface area contributed by atoms with Crippen molar-refractivity contribution in [3.05, 3.63) is 77.1 Å². The van der Waals surface area contributed by atoms with Gasteiger partial charge >= 0.3 is 0 Å². The molecule has 0 saturated carbocycles. The predicted octanol–water partition coefficient (Wildman–Crippen LogP) is 4.89. The number of rotatable bonds is 3. The molecule has 0 radical (unpaired) electrons. The van der Waals surface area contributed by atoms with Gasteiger partial charge in [0.2, 0.25) is 0 Å². The van der Waals surface area contributed by atoms with Gasteiger partial charge in [0.25, 0.3) is 5.91 Å². The molecule has 0 unspecified atom stereocenters. The largest absolute Gasteiger partial charge is 0.482 e. The number of ether oxygens (including phenoxy) is 1. The molecule has 0 fully saturated rings. The van der Waals surface area contributed by atoms with Gasteiger partial charge in [-0.3, -0.25) is 4.79 Å². The molecule has 0 spiro atoms. The Morgan fingerprint density at radius 3 is 2.85 bits per heavy atom. The quantitative estimate of drug-likeness (QED) is 0.514. The van der Waals surface area contributed by atoms with E-state index in [0.717, 1.165) is 33.6 Å². The number of amides is 1. The molecule has 1 aliphatic rings. The van der Waals surface area contributed by atoms with Gasteiger partial charge in [0.15, 0.2) is 6.61 Å². The molecule has 4 nitrogen and oxygen atoms in total. The van der Waals surface area contributed by atoms with Gasteiger partial charge in [-0.2, -0.15) is 0 Å². The molecular formula is C22H16N2O2S. The number of carbonyl (C=O) groups is 1. The molecule has 2 heterocycles. The van der Waals surface area contributed by atoms with Crippen LogP contribution >= 0.6 is 11.3 Å². The summed E-state index contributed by atoms with van der Waals surface area (Å²) in [6, 6.07) is 20.4. The summed E-state index contributed by atoms with van der Waals surface area (Å²) in [7, 11) is 0. The van der Waals surface area contributed by atoms with Crippen LogP contribution in [0.25, 0.3) is 22.0 Å². The first kappa shape index (κ1) is 16.0. The van der Waals surface area contributed by atoms with Crippen molar-refractivity contribution < 1.29 is 9.53 Å². The van der Waals surface area contributed by atoms with Crippen LogP contribution in [-0.4, -0.2) is 17.5 Å². The van der Waals surface area contributed by atoms with Crippen molar-refractivity contribution in [2.24, 2.45) is 0 Å². The van der Waals surface area contributed by atoms with Crippen LogP contribution in [0.3, 0.4) is 0 Å². The number of nitrogens with zero attached hydrogens (tertiary/aromatic N) is 2. The second-order valence-corrected chi connectivity index (χ2v) is 7.18. The van der Waals surface area contributed by atoms with E-state index < -0.39 is 0 Å². The summed E-state index contributed by atoms with van der Waals surface area (Å²) < 4.78 is 5.65. The lowest BCUT2D eigenvalue weighted by Crippen LogP contribution is -2.38. The Hall–Kier alpha value is -3.18. The van der Waals surface area contributed by atoms with Gasteiger partial charge in [0.05, 0.1) is 23.4 Å². The number of anilines is 1. The third kappa shape index (κ3) is 2.86. The number of aromatic nitrogens is 1. The standard InChI is InChI=1S/C22H16N2O2S/c25-22-12-26-21-9-8-16(19-13-27-14-23-19)10-20(21)24(22)11-17-6-3-5-15-4-1-2-7-18(15)17/h1-10,13-14H,11-12H2. The molecule has 5 heteroatoms. The molecule has 27 heavy (non-hydrogen) atoms. The van der Waals surface area contributed by atoms with Gasteiger partial charge in [0.1, 0.15) is 5.75 Å². The summed E-state index contributed by atoms with van der Waals surface area (Å²) >= 11 is 1.55. The van der Waals surface area contributed by atoms with E-state index in [0.29, 0.717) is 6.54 Å². The van der Waals surface area contributed by atoms with Crippen molar-refractivity contribution in [1.82, 2.24) is 4.98 Å². The molecule has 1 aromatic heterocycles. The molecule has 3 aromatic carbocycles. The summed E-state index contributed by atoms with van der Waals surface area (Å²) in [6.45, 7) is 0.574. The van der Waals surface area contributed by atoms with E-state index in [1.165, 1.54) is 5.39 Å². The fourth-order valence-corrected chi connectivity index (χ4v) is 4.05. The molecule has 0 atom stereocenters. The summed E-state index contributed by atoms with van der Waals surface area (Å²) in [4.78, 5) is 18.9. The summed E-state index contributed by atoms with van der Waals surface area (Å²) in [6.07, 6.45) is 0. The highest BCUT2D eigenvalue weighted by Gasteiger charge is 2.26. The van der Waals surface area contributed by atoms with Crippen LogP contribution < -0.4 is 9.64 Å². The van der Waals surface area contributed by atoms with Crippen LogP contribution in [0.1, 0.15) is 5.56 Å². The first-order valence-electron chi connectivity index (χ1n) is 8.72. The normalized spacial score (nSPS) is 13.5. The van der Waals surface area contributed by atoms with Crippen LogP contribution in [0.2, 0.25) is 0 Å². The maximum Gasteiger partial charge on any atom is 0.265 e. The predicted molar refractivity (Wildman–Crippen MR) is 108 cm³/mol. The minimum Gasteiger partial charge on any atom is -0.482 e. The Balaban J connectivity index is 1.58. The molecule has 1 aliphatic heterocycles. The molecule has 0 bridgehead atoms. The molecule has 0 aliphatic carbocycles. The van der Waals surface area contributed by atoms with Crippen LogP contribution in [0.4, 0.5) is 5.69 Å². The van der Waals surface area contributed by atoms with E-state index in [-0.39, 0.29) is 12.5 Å². The number of carbonyl (C=O) groups excluding carboxylic acids is 1. The second-order valence-electron chi connectivity index (χ2n) is 6.46. The van der Waals surface area contributed by atoms with E-state index >= 15 is 0 Å². The number of hydrogen-bond acceptors (Lipinski definition) is 4. The van der Waals surface area contributed by atoms with E-state index in [1.807, 2.05) is 52.2 Å². The fourth-order valence-electron chi connectivity index (χ4n) is 3.49. The van der Waals surface area contributed by atoms with Crippen LogP contribution in [0.15, 0.2) is 71.6 Å².